The highest BCUT2D eigenvalue weighted by Crippen LogP contribution is 2.38. The van der Waals surface area contributed by atoms with Crippen molar-refractivity contribution in [1.29, 1.82) is 0 Å². The van der Waals surface area contributed by atoms with Crippen molar-refractivity contribution in [1.82, 2.24) is 0 Å². The van der Waals surface area contributed by atoms with Crippen molar-refractivity contribution in [2.45, 2.75) is 277 Å². The van der Waals surface area contributed by atoms with Crippen LogP contribution in [0.1, 0.15) is 271 Å². The molecule has 0 saturated heterocycles. The van der Waals surface area contributed by atoms with E-state index >= 15 is 0 Å². The third kappa shape index (κ3) is 55.3. The number of likely N-dealkylation sites (N-methyl/N-ethyl adjacent to an activating group) is 1. The van der Waals surface area contributed by atoms with Crippen molar-refractivity contribution < 1.29 is 42.1 Å². The number of esters is 2. The Labute approximate surface area is 433 Å². The topological polar surface area (TPSA) is 111 Å². The Morgan fingerprint density at radius 3 is 1.13 bits per heavy atom. The fourth-order valence-corrected chi connectivity index (χ4v) is 8.98. The van der Waals surface area contributed by atoms with Gasteiger partial charge in [0.15, 0.2) is 6.10 Å². The van der Waals surface area contributed by atoms with E-state index in [0.29, 0.717) is 23.9 Å². The average Bonchev–Trinajstić information content (AvgIpc) is 3.32. The van der Waals surface area contributed by atoms with Gasteiger partial charge in [-0.25, -0.2) is 0 Å². The van der Waals surface area contributed by atoms with Gasteiger partial charge in [0.2, 0.25) is 0 Å². The zero-order chi connectivity index (χ0) is 51.3. The first-order valence-corrected chi connectivity index (χ1v) is 30.8. The molecule has 0 radical (unpaired) electrons. The summed E-state index contributed by atoms with van der Waals surface area (Å²) in [5.41, 5.74) is 0. The van der Waals surface area contributed by atoms with E-state index in [1.807, 2.05) is 21.1 Å². The first-order valence-electron chi connectivity index (χ1n) is 29.3. The summed E-state index contributed by atoms with van der Waals surface area (Å²) in [5, 5.41) is 0. The standard InChI is InChI=1S/C60H112NO8P/c1-6-8-10-12-14-16-18-20-22-24-26-28-30-32-34-36-38-40-42-44-46-48-50-52-59(62)66-56-58(57-68-70(64,65)67-55-54-61(3,4)5)69-60(63)53-51-49-47-45-43-41-39-37-35-33-31-29-27-25-23-21-19-17-15-13-11-9-7-2/h36-39,42-45,58H,6-35,40-41,46-57H2,1-5H3/b38-36+,39-37+,44-42+,45-43+/t58-/m1/s1. The van der Waals surface area contributed by atoms with Crippen LogP contribution in [0.3, 0.4) is 0 Å². The van der Waals surface area contributed by atoms with Crippen molar-refractivity contribution in [3.63, 3.8) is 0 Å². The normalized spacial score (nSPS) is 13.6. The highest BCUT2D eigenvalue weighted by molar-refractivity contribution is 7.45. The maximum absolute atomic E-state index is 12.8. The summed E-state index contributed by atoms with van der Waals surface area (Å²) in [6, 6.07) is 0. The fraction of sp³-hybridized carbons (Fsp3) is 0.833. The molecule has 2 atom stereocenters. The Balaban J connectivity index is 4.25. The summed E-state index contributed by atoms with van der Waals surface area (Å²) >= 11 is 0. The van der Waals surface area contributed by atoms with E-state index in [1.54, 1.807) is 0 Å². The van der Waals surface area contributed by atoms with E-state index in [9.17, 15) is 19.0 Å². The molecule has 0 bridgehead atoms. The van der Waals surface area contributed by atoms with Crippen molar-refractivity contribution in [3.8, 4) is 0 Å². The lowest BCUT2D eigenvalue weighted by Gasteiger charge is -2.28. The van der Waals surface area contributed by atoms with Crippen molar-refractivity contribution in [3.05, 3.63) is 48.6 Å². The molecular formula is C60H112NO8P. The van der Waals surface area contributed by atoms with Crippen LogP contribution in [0.25, 0.3) is 0 Å². The number of hydrogen-bond acceptors (Lipinski definition) is 8. The first-order chi connectivity index (χ1) is 34.0. The van der Waals surface area contributed by atoms with Gasteiger partial charge in [-0.3, -0.25) is 14.2 Å². The number of carbonyl (C=O) groups is 2. The van der Waals surface area contributed by atoms with Crippen molar-refractivity contribution in [2.75, 3.05) is 47.5 Å². The lowest BCUT2D eigenvalue weighted by Crippen LogP contribution is -2.37. The predicted octanol–water partition coefficient (Wildman–Crippen LogP) is 17.5. The molecule has 0 amide bonds. The van der Waals surface area contributed by atoms with E-state index in [4.69, 9.17) is 18.5 Å². The molecule has 10 heteroatoms. The SMILES string of the molecule is CCCCCCCCCCCCCCCC/C=C/C/C=C/CCCCC(=O)OC[C@H](COP(=O)([O-])OCC[N+](C)(C)C)OC(=O)CCCC/C=C/C/C=C/CCCCCCCCCCCCCCCC. The Hall–Kier alpha value is -2.03. The molecule has 1 unspecified atom stereocenters. The van der Waals surface area contributed by atoms with Crippen LogP contribution in [-0.2, 0) is 32.7 Å². The van der Waals surface area contributed by atoms with Crippen LogP contribution < -0.4 is 4.89 Å². The Morgan fingerprint density at radius 1 is 0.443 bits per heavy atom. The van der Waals surface area contributed by atoms with Gasteiger partial charge in [0.1, 0.15) is 19.8 Å². The van der Waals surface area contributed by atoms with E-state index in [-0.39, 0.29) is 26.1 Å². The quantitative estimate of drug-likeness (QED) is 0.0195. The number of phosphoric ester groups is 1. The smallest absolute Gasteiger partial charge is 0.306 e. The van der Waals surface area contributed by atoms with Gasteiger partial charge < -0.3 is 27.9 Å². The second kappa shape index (κ2) is 51.9. The molecule has 0 aromatic rings. The summed E-state index contributed by atoms with van der Waals surface area (Å²) in [6.07, 6.45) is 64.7. The van der Waals surface area contributed by atoms with Crippen molar-refractivity contribution in [2.24, 2.45) is 0 Å². The second-order valence-corrected chi connectivity index (χ2v) is 22.4. The Kier molecular flexibility index (Phi) is 50.4. The highest BCUT2D eigenvalue weighted by Gasteiger charge is 2.21. The molecular weight excluding hydrogens is 894 g/mol. The van der Waals surface area contributed by atoms with Crippen LogP contribution in [0.5, 0.6) is 0 Å². The molecule has 0 aromatic heterocycles. The molecule has 0 saturated carbocycles. The molecule has 0 fully saturated rings. The average molecular weight is 1010 g/mol. The minimum Gasteiger partial charge on any atom is -0.756 e. The minimum atomic E-state index is -4.65. The molecule has 9 nitrogen and oxygen atoms in total. The summed E-state index contributed by atoms with van der Waals surface area (Å²) in [7, 11) is 1.13. The van der Waals surface area contributed by atoms with Crippen LogP contribution in [0, 0.1) is 0 Å². The van der Waals surface area contributed by atoms with Gasteiger partial charge >= 0.3 is 11.9 Å². The molecule has 0 N–H and O–H groups in total. The molecule has 0 heterocycles. The summed E-state index contributed by atoms with van der Waals surface area (Å²) in [4.78, 5) is 37.8. The molecule has 0 rings (SSSR count). The third-order valence-corrected chi connectivity index (χ3v) is 13.8. The van der Waals surface area contributed by atoms with Crippen molar-refractivity contribution >= 4 is 19.8 Å². The van der Waals surface area contributed by atoms with Gasteiger partial charge in [-0.15, -0.1) is 0 Å². The number of quaternary nitrogens is 1. The third-order valence-electron chi connectivity index (χ3n) is 12.8. The number of allylic oxidation sites excluding steroid dienone is 8. The molecule has 0 spiro atoms. The lowest BCUT2D eigenvalue weighted by atomic mass is 10.0. The number of hydrogen-bond donors (Lipinski definition) is 0. The van der Waals surface area contributed by atoms with E-state index < -0.39 is 32.5 Å². The van der Waals surface area contributed by atoms with Crippen LogP contribution in [0.4, 0.5) is 0 Å². The number of nitrogens with zero attached hydrogens (tertiary/aromatic N) is 1. The second-order valence-electron chi connectivity index (χ2n) is 21.0. The van der Waals surface area contributed by atoms with Gasteiger partial charge in [0.05, 0.1) is 27.7 Å². The number of phosphoric acid groups is 1. The van der Waals surface area contributed by atoms with Crippen LogP contribution >= 0.6 is 7.82 Å². The maximum atomic E-state index is 12.8. The number of carbonyl (C=O) groups excluding carboxylic acids is 2. The summed E-state index contributed by atoms with van der Waals surface area (Å²) in [5.74, 6) is -0.902. The highest BCUT2D eigenvalue weighted by atomic mass is 31.2. The predicted molar refractivity (Wildman–Crippen MR) is 296 cm³/mol. The molecule has 70 heavy (non-hydrogen) atoms. The Morgan fingerprint density at radius 2 is 0.771 bits per heavy atom. The van der Waals surface area contributed by atoms with E-state index in [0.717, 1.165) is 51.4 Å². The van der Waals surface area contributed by atoms with Gasteiger partial charge in [-0.2, -0.15) is 0 Å². The van der Waals surface area contributed by atoms with Gasteiger partial charge in [-0.05, 0) is 77.0 Å². The zero-order valence-corrected chi connectivity index (χ0v) is 47.4. The van der Waals surface area contributed by atoms with Crippen LogP contribution in [0.15, 0.2) is 48.6 Å². The van der Waals surface area contributed by atoms with Gasteiger partial charge in [-0.1, -0.05) is 229 Å². The molecule has 0 aliphatic rings. The zero-order valence-electron chi connectivity index (χ0n) is 46.5. The number of rotatable bonds is 54. The van der Waals surface area contributed by atoms with Gasteiger partial charge in [0.25, 0.3) is 7.82 Å². The number of ether oxygens (including phenoxy) is 2. The van der Waals surface area contributed by atoms with Gasteiger partial charge in [0, 0.05) is 12.8 Å². The van der Waals surface area contributed by atoms with Crippen LogP contribution in [-0.4, -0.2) is 70.0 Å². The van der Waals surface area contributed by atoms with Crippen LogP contribution in [0.2, 0.25) is 0 Å². The monoisotopic (exact) mass is 1010 g/mol. The minimum absolute atomic E-state index is 0.0422. The summed E-state index contributed by atoms with van der Waals surface area (Å²) in [6.45, 7) is 4.21. The fourth-order valence-electron chi connectivity index (χ4n) is 8.25. The number of unbranched alkanes of at least 4 members (excludes halogenated alkanes) is 32. The Bertz CT molecular complexity index is 1320. The molecule has 410 valence electrons. The first kappa shape index (κ1) is 68.0. The molecule has 0 aliphatic heterocycles. The molecule has 0 aliphatic carbocycles. The molecule has 0 aromatic carbocycles. The largest absolute Gasteiger partial charge is 0.756 e. The van der Waals surface area contributed by atoms with E-state index in [1.165, 1.54) is 180 Å². The summed E-state index contributed by atoms with van der Waals surface area (Å²) < 4.78 is 34.1. The maximum Gasteiger partial charge on any atom is 0.306 e. The lowest BCUT2D eigenvalue weighted by molar-refractivity contribution is -0.870. The van der Waals surface area contributed by atoms with E-state index in [2.05, 4.69) is 62.5 Å².